The number of carboxylic acid groups (broad SMARTS) is 1. The minimum Gasteiger partial charge on any atom is -0.480 e. The van der Waals surface area contributed by atoms with Crippen LogP contribution < -0.4 is 16.4 Å². The summed E-state index contributed by atoms with van der Waals surface area (Å²) in [5.74, 6) is -1.98. The molecule has 4 unspecified atom stereocenters. The number of amides is 3. The van der Waals surface area contributed by atoms with E-state index in [2.05, 4.69) is 10.6 Å². The lowest BCUT2D eigenvalue weighted by Crippen LogP contribution is -2.56. The van der Waals surface area contributed by atoms with E-state index in [-0.39, 0.29) is 11.8 Å². The van der Waals surface area contributed by atoms with Crippen molar-refractivity contribution in [2.75, 3.05) is 6.54 Å². The van der Waals surface area contributed by atoms with Crippen LogP contribution in [0, 0.1) is 11.8 Å². The van der Waals surface area contributed by atoms with E-state index >= 15 is 0 Å². The molecule has 0 spiro atoms. The molecule has 1 rings (SSSR count). The second-order valence-corrected chi connectivity index (χ2v) is 8.68. The number of hydrogen-bond acceptors (Lipinski definition) is 5. The Balaban J connectivity index is 2.77. The van der Waals surface area contributed by atoms with Crippen LogP contribution in [0.15, 0.2) is 0 Å². The largest absolute Gasteiger partial charge is 0.480 e. The average molecular weight is 413 g/mol. The van der Waals surface area contributed by atoms with Crippen LogP contribution in [0.4, 0.5) is 0 Å². The van der Waals surface area contributed by atoms with E-state index in [4.69, 9.17) is 5.73 Å². The van der Waals surface area contributed by atoms with Crippen molar-refractivity contribution in [1.29, 1.82) is 0 Å². The van der Waals surface area contributed by atoms with Gasteiger partial charge in [-0.1, -0.05) is 27.7 Å². The van der Waals surface area contributed by atoms with Gasteiger partial charge >= 0.3 is 5.97 Å². The Morgan fingerprint density at radius 2 is 1.59 bits per heavy atom. The summed E-state index contributed by atoms with van der Waals surface area (Å²) >= 11 is 0. The Kier molecular flexibility index (Phi) is 9.55. The fourth-order valence-electron chi connectivity index (χ4n) is 3.51. The van der Waals surface area contributed by atoms with Crippen molar-refractivity contribution in [1.82, 2.24) is 15.5 Å². The zero-order chi connectivity index (χ0) is 22.3. The Morgan fingerprint density at radius 1 is 1.00 bits per heavy atom. The van der Waals surface area contributed by atoms with Crippen molar-refractivity contribution in [2.45, 2.75) is 84.5 Å². The molecular formula is C20H36N4O5. The maximum atomic E-state index is 12.8. The SMILES string of the molecule is CC(C)CC(N)C(=O)NC(CC(C)C)C(=O)NC(C)C(=O)N1CCCC1C(=O)O. The highest BCUT2D eigenvalue weighted by Crippen LogP contribution is 2.18. The number of carbonyl (C=O) groups excluding carboxylic acids is 3. The summed E-state index contributed by atoms with van der Waals surface area (Å²) in [6.45, 7) is 9.65. The number of hydrogen-bond donors (Lipinski definition) is 4. The lowest BCUT2D eigenvalue weighted by molar-refractivity contribution is -0.149. The molecule has 0 bridgehead atoms. The molecule has 1 saturated heterocycles. The van der Waals surface area contributed by atoms with E-state index in [1.165, 1.54) is 11.8 Å². The Hall–Kier alpha value is -2.16. The van der Waals surface area contributed by atoms with Gasteiger partial charge in [-0.15, -0.1) is 0 Å². The number of rotatable bonds is 10. The second-order valence-electron chi connectivity index (χ2n) is 8.68. The molecule has 4 atom stereocenters. The fourth-order valence-corrected chi connectivity index (χ4v) is 3.51. The minimum absolute atomic E-state index is 0.133. The van der Waals surface area contributed by atoms with Gasteiger partial charge in [-0.25, -0.2) is 4.79 Å². The average Bonchev–Trinajstić information content (AvgIpc) is 3.09. The molecule has 5 N–H and O–H groups in total. The molecule has 166 valence electrons. The summed E-state index contributed by atoms with van der Waals surface area (Å²) in [5, 5.41) is 14.6. The van der Waals surface area contributed by atoms with Crippen molar-refractivity contribution in [2.24, 2.45) is 17.6 Å². The van der Waals surface area contributed by atoms with Gasteiger partial charge in [-0.3, -0.25) is 14.4 Å². The summed E-state index contributed by atoms with van der Waals surface area (Å²) in [7, 11) is 0. The first-order valence-electron chi connectivity index (χ1n) is 10.3. The number of nitrogens with one attached hydrogen (secondary N) is 2. The quantitative estimate of drug-likeness (QED) is 0.411. The summed E-state index contributed by atoms with van der Waals surface area (Å²) in [6.07, 6.45) is 1.92. The zero-order valence-corrected chi connectivity index (χ0v) is 18.1. The normalized spacial score (nSPS) is 19.7. The van der Waals surface area contributed by atoms with Gasteiger partial charge < -0.3 is 26.4 Å². The number of aliphatic carboxylic acids is 1. The predicted octanol–water partition coefficient (Wildman–Crippen LogP) is 0.471. The summed E-state index contributed by atoms with van der Waals surface area (Å²) in [6, 6.07) is -3.28. The Labute approximate surface area is 172 Å². The monoisotopic (exact) mass is 412 g/mol. The van der Waals surface area contributed by atoms with Gasteiger partial charge in [0.15, 0.2) is 0 Å². The van der Waals surface area contributed by atoms with E-state index in [0.717, 1.165) is 0 Å². The van der Waals surface area contributed by atoms with Crippen LogP contribution in [-0.4, -0.2) is 64.4 Å². The van der Waals surface area contributed by atoms with Crippen LogP contribution in [0.5, 0.6) is 0 Å². The van der Waals surface area contributed by atoms with Crippen LogP contribution in [0.25, 0.3) is 0 Å². The smallest absolute Gasteiger partial charge is 0.326 e. The minimum atomic E-state index is -1.04. The van der Waals surface area contributed by atoms with Crippen molar-refractivity contribution >= 4 is 23.7 Å². The number of likely N-dealkylation sites (tertiary alicyclic amines) is 1. The van der Waals surface area contributed by atoms with Crippen LogP contribution in [0.2, 0.25) is 0 Å². The molecule has 1 heterocycles. The van der Waals surface area contributed by atoms with Gasteiger partial charge in [0.25, 0.3) is 0 Å². The Bertz CT molecular complexity index is 608. The topological polar surface area (TPSA) is 142 Å². The molecule has 9 heteroatoms. The summed E-state index contributed by atoms with van der Waals surface area (Å²) in [4.78, 5) is 50.4. The molecule has 29 heavy (non-hydrogen) atoms. The lowest BCUT2D eigenvalue weighted by atomic mass is 10.0. The molecule has 0 aromatic heterocycles. The highest BCUT2D eigenvalue weighted by atomic mass is 16.4. The summed E-state index contributed by atoms with van der Waals surface area (Å²) in [5.41, 5.74) is 5.91. The molecule has 0 aliphatic carbocycles. The first-order valence-corrected chi connectivity index (χ1v) is 10.3. The maximum Gasteiger partial charge on any atom is 0.326 e. The van der Waals surface area contributed by atoms with Gasteiger partial charge in [0.2, 0.25) is 17.7 Å². The van der Waals surface area contributed by atoms with Crippen LogP contribution in [-0.2, 0) is 19.2 Å². The molecule has 9 nitrogen and oxygen atoms in total. The molecule has 1 aliphatic rings. The van der Waals surface area contributed by atoms with Gasteiger partial charge in [-0.05, 0) is 44.4 Å². The first kappa shape index (κ1) is 24.9. The van der Waals surface area contributed by atoms with E-state index in [0.29, 0.717) is 32.2 Å². The number of carbonyl (C=O) groups is 4. The molecule has 0 saturated carbocycles. The number of nitrogens with two attached hydrogens (primary N) is 1. The third-order valence-electron chi connectivity index (χ3n) is 4.95. The van der Waals surface area contributed by atoms with E-state index in [9.17, 15) is 24.3 Å². The van der Waals surface area contributed by atoms with E-state index in [1.54, 1.807) is 0 Å². The lowest BCUT2D eigenvalue weighted by Gasteiger charge is -2.27. The standard InChI is InChI=1S/C20H36N4O5/c1-11(2)9-14(21)17(25)23-15(10-12(3)4)18(26)22-13(5)19(27)24-8-6-7-16(24)20(28)29/h11-16H,6-10,21H2,1-5H3,(H,22,26)(H,23,25)(H,28,29). The van der Waals surface area contributed by atoms with Crippen molar-refractivity contribution in [3.05, 3.63) is 0 Å². The molecule has 0 aromatic carbocycles. The van der Waals surface area contributed by atoms with Crippen molar-refractivity contribution < 1.29 is 24.3 Å². The van der Waals surface area contributed by atoms with Gasteiger partial charge in [0, 0.05) is 6.54 Å². The molecule has 0 radical (unpaired) electrons. The molecule has 1 fully saturated rings. The molecule has 0 aromatic rings. The molecule has 3 amide bonds. The zero-order valence-electron chi connectivity index (χ0n) is 18.1. The predicted molar refractivity (Wildman–Crippen MR) is 109 cm³/mol. The van der Waals surface area contributed by atoms with E-state index < -0.39 is 47.9 Å². The van der Waals surface area contributed by atoms with Gasteiger partial charge in [0.1, 0.15) is 18.1 Å². The van der Waals surface area contributed by atoms with Crippen LogP contribution in [0.1, 0.15) is 60.3 Å². The third-order valence-corrected chi connectivity index (χ3v) is 4.95. The second kappa shape index (κ2) is 11.1. The van der Waals surface area contributed by atoms with Crippen molar-refractivity contribution in [3.63, 3.8) is 0 Å². The van der Waals surface area contributed by atoms with Gasteiger partial charge in [0.05, 0.1) is 6.04 Å². The highest BCUT2D eigenvalue weighted by molar-refractivity contribution is 5.94. The fraction of sp³-hybridized carbons (Fsp3) is 0.800. The maximum absolute atomic E-state index is 12.8. The molecule has 1 aliphatic heterocycles. The van der Waals surface area contributed by atoms with Crippen LogP contribution >= 0.6 is 0 Å². The molecular weight excluding hydrogens is 376 g/mol. The van der Waals surface area contributed by atoms with Crippen LogP contribution in [0.3, 0.4) is 0 Å². The Morgan fingerprint density at radius 3 is 2.10 bits per heavy atom. The summed E-state index contributed by atoms with van der Waals surface area (Å²) < 4.78 is 0. The first-order chi connectivity index (χ1) is 13.4. The van der Waals surface area contributed by atoms with Gasteiger partial charge in [-0.2, -0.15) is 0 Å². The van der Waals surface area contributed by atoms with Crippen molar-refractivity contribution in [3.8, 4) is 0 Å². The number of nitrogens with zero attached hydrogens (tertiary/aromatic N) is 1. The highest BCUT2D eigenvalue weighted by Gasteiger charge is 2.37. The van der Waals surface area contributed by atoms with E-state index in [1.807, 2.05) is 27.7 Å². The third kappa shape index (κ3) is 7.64. The number of carboxylic acids is 1.